The lowest BCUT2D eigenvalue weighted by Gasteiger charge is -2.19. The summed E-state index contributed by atoms with van der Waals surface area (Å²) in [6.07, 6.45) is -2.80. The normalized spacial score (nSPS) is 13.8. The highest BCUT2D eigenvalue weighted by Crippen LogP contribution is 2.39. The van der Waals surface area contributed by atoms with Crippen molar-refractivity contribution in [2.24, 2.45) is 0 Å². The molecule has 0 heterocycles. The summed E-state index contributed by atoms with van der Waals surface area (Å²) in [6.45, 7) is 4.28. The van der Waals surface area contributed by atoms with Crippen molar-refractivity contribution in [2.75, 3.05) is 12.4 Å². The van der Waals surface area contributed by atoms with Gasteiger partial charge in [-0.05, 0) is 31.4 Å². The van der Waals surface area contributed by atoms with E-state index < -0.39 is 18.5 Å². The van der Waals surface area contributed by atoms with Crippen LogP contribution in [0, 0.1) is 0 Å². The molecule has 0 saturated carbocycles. The molecule has 0 amide bonds. The Labute approximate surface area is 144 Å². The van der Waals surface area contributed by atoms with Crippen LogP contribution in [0.5, 0.6) is 0 Å². The van der Waals surface area contributed by atoms with Crippen molar-refractivity contribution >= 4 is 17.7 Å². The van der Waals surface area contributed by atoms with Gasteiger partial charge in [0.05, 0.1) is 6.61 Å². The predicted molar refractivity (Wildman–Crippen MR) is 86.5 cm³/mol. The summed E-state index contributed by atoms with van der Waals surface area (Å²) >= 11 is 1.40. The van der Waals surface area contributed by atoms with Gasteiger partial charge in [0, 0.05) is 6.42 Å². The maximum atomic E-state index is 12.7. The van der Waals surface area contributed by atoms with Gasteiger partial charge in [-0.1, -0.05) is 33.1 Å². The van der Waals surface area contributed by atoms with Gasteiger partial charge in [0.15, 0.2) is 0 Å². The number of unbranched alkanes of at least 4 members (excludes halogenated alkanes) is 3. The summed E-state index contributed by atoms with van der Waals surface area (Å²) in [5.74, 6) is -4.33. The summed E-state index contributed by atoms with van der Waals surface area (Å²) in [4.78, 5) is 11.9. The fourth-order valence-corrected chi connectivity index (χ4v) is 3.14. The molecule has 0 fully saturated rings. The lowest BCUT2D eigenvalue weighted by molar-refractivity contribution is -0.284. The highest BCUT2D eigenvalue weighted by molar-refractivity contribution is 8.00. The van der Waals surface area contributed by atoms with E-state index in [0.717, 1.165) is 19.3 Å². The number of halogens is 5. The molecule has 24 heavy (non-hydrogen) atoms. The molecule has 0 N–H and O–H groups in total. The van der Waals surface area contributed by atoms with E-state index in [-0.39, 0.29) is 24.1 Å². The SMILES string of the molecule is CCCCC(SCCCCCC(F)(F)C(F)(F)F)C(=O)OCCC. The molecule has 144 valence electrons. The van der Waals surface area contributed by atoms with E-state index in [1.165, 1.54) is 11.8 Å². The molecule has 0 aliphatic carbocycles. The standard InChI is InChI=1S/C16H27F5O2S/c1-3-5-9-13(14(22)23-11-4-2)24-12-8-6-7-10-15(17,18)16(19,20)21/h13H,3-12H2,1-2H3. The number of hydrogen-bond acceptors (Lipinski definition) is 3. The van der Waals surface area contributed by atoms with Crippen LogP contribution in [0.1, 0.15) is 65.2 Å². The largest absolute Gasteiger partial charge is 0.465 e. The van der Waals surface area contributed by atoms with Gasteiger partial charge >= 0.3 is 18.1 Å². The van der Waals surface area contributed by atoms with E-state index in [4.69, 9.17) is 4.74 Å². The molecular formula is C16H27F5O2S. The first-order chi connectivity index (χ1) is 11.2. The molecule has 0 aromatic rings. The van der Waals surface area contributed by atoms with Gasteiger partial charge in [0.25, 0.3) is 0 Å². The summed E-state index contributed by atoms with van der Waals surface area (Å²) < 4.78 is 66.7. The highest BCUT2D eigenvalue weighted by atomic mass is 32.2. The number of alkyl halides is 5. The maximum absolute atomic E-state index is 12.7. The number of carbonyl (C=O) groups excluding carboxylic acids is 1. The Balaban J connectivity index is 4.04. The van der Waals surface area contributed by atoms with Gasteiger partial charge in [-0.2, -0.15) is 22.0 Å². The molecule has 0 aliphatic heterocycles. The Hall–Kier alpha value is -0.530. The van der Waals surface area contributed by atoms with Crippen molar-refractivity contribution in [1.82, 2.24) is 0 Å². The van der Waals surface area contributed by atoms with Gasteiger partial charge < -0.3 is 4.74 Å². The molecule has 0 radical (unpaired) electrons. The number of carbonyl (C=O) groups is 1. The van der Waals surface area contributed by atoms with Crippen molar-refractivity contribution < 1.29 is 31.5 Å². The van der Waals surface area contributed by atoms with Gasteiger partial charge in [0.2, 0.25) is 0 Å². The average molecular weight is 378 g/mol. The Morgan fingerprint density at radius 3 is 2.21 bits per heavy atom. The zero-order valence-corrected chi connectivity index (χ0v) is 15.1. The number of thioether (sulfide) groups is 1. The zero-order chi connectivity index (χ0) is 18.6. The van der Waals surface area contributed by atoms with Crippen LogP contribution in [0.2, 0.25) is 0 Å². The number of ether oxygens (including phenoxy) is 1. The minimum absolute atomic E-state index is 0.188. The lowest BCUT2D eigenvalue weighted by atomic mass is 10.1. The molecule has 0 aliphatic rings. The highest BCUT2D eigenvalue weighted by Gasteiger charge is 2.56. The molecule has 0 rings (SSSR count). The van der Waals surface area contributed by atoms with Crippen molar-refractivity contribution in [1.29, 1.82) is 0 Å². The van der Waals surface area contributed by atoms with Crippen LogP contribution in [0.4, 0.5) is 22.0 Å². The minimum Gasteiger partial charge on any atom is -0.465 e. The van der Waals surface area contributed by atoms with Crippen molar-refractivity contribution in [3.8, 4) is 0 Å². The Morgan fingerprint density at radius 2 is 1.67 bits per heavy atom. The van der Waals surface area contributed by atoms with Gasteiger partial charge in [-0.3, -0.25) is 4.79 Å². The molecular weight excluding hydrogens is 351 g/mol. The number of esters is 1. The van der Waals surface area contributed by atoms with Gasteiger partial charge in [-0.25, -0.2) is 0 Å². The fourth-order valence-electron chi connectivity index (χ4n) is 1.95. The minimum atomic E-state index is -5.48. The smallest absolute Gasteiger partial charge is 0.453 e. The molecule has 0 aromatic heterocycles. The van der Waals surface area contributed by atoms with E-state index in [2.05, 4.69) is 0 Å². The predicted octanol–water partition coefficient (Wildman–Crippen LogP) is 5.99. The molecule has 1 atom stereocenters. The van der Waals surface area contributed by atoms with Gasteiger partial charge in [-0.15, -0.1) is 11.8 Å². The van der Waals surface area contributed by atoms with E-state index in [9.17, 15) is 26.7 Å². The first kappa shape index (κ1) is 23.5. The second-order valence-corrected chi connectivity index (χ2v) is 6.99. The molecule has 0 aromatic carbocycles. The van der Waals surface area contributed by atoms with Crippen molar-refractivity contribution in [3.05, 3.63) is 0 Å². The Morgan fingerprint density at radius 1 is 1.00 bits per heavy atom. The third-order valence-electron chi connectivity index (χ3n) is 3.40. The molecule has 0 spiro atoms. The molecule has 0 saturated heterocycles. The maximum Gasteiger partial charge on any atom is 0.453 e. The lowest BCUT2D eigenvalue weighted by Crippen LogP contribution is -2.36. The quantitative estimate of drug-likeness (QED) is 0.224. The summed E-state index contributed by atoms with van der Waals surface area (Å²) in [5, 5.41) is -0.284. The number of rotatable bonds is 13. The van der Waals surface area contributed by atoms with Crippen LogP contribution in [0.25, 0.3) is 0 Å². The number of hydrogen-bond donors (Lipinski definition) is 0. The van der Waals surface area contributed by atoms with Crippen molar-refractivity contribution in [2.45, 2.75) is 82.6 Å². The van der Waals surface area contributed by atoms with Crippen LogP contribution in [-0.2, 0) is 9.53 Å². The third kappa shape index (κ3) is 9.69. The Kier molecular flexibility index (Phi) is 11.7. The van der Waals surface area contributed by atoms with Crippen LogP contribution < -0.4 is 0 Å². The second-order valence-electron chi connectivity index (χ2n) is 5.68. The third-order valence-corrected chi connectivity index (χ3v) is 4.75. The topological polar surface area (TPSA) is 26.3 Å². The first-order valence-electron chi connectivity index (χ1n) is 8.38. The van der Waals surface area contributed by atoms with E-state index >= 15 is 0 Å². The van der Waals surface area contributed by atoms with Crippen LogP contribution in [0.15, 0.2) is 0 Å². The molecule has 0 bridgehead atoms. The fraction of sp³-hybridized carbons (Fsp3) is 0.938. The van der Waals surface area contributed by atoms with Gasteiger partial charge in [0.1, 0.15) is 5.25 Å². The summed E-state index contributed by atoms with van der Waals surface area (Å²) in [5.41, 5.74) is 0. The van der Waals surface area contributed by atoms with Crippen molar-refractivity contribution in [3.63, 3.8) is 0 Å². The summed E-state index contributed by atoms with van der Waals surface area (Å²) in [6, 6.07) is 0. The van der Waals surface area contributed by atoms with Crippen LogP contribution in [0.3, 0.4) is 0 Å². The average Bonchev–Trinajstić information content (AvgIpc) is 2.49. The zero-order valence-electron chi connectivity index (χ0n) is 14.3. The van der Waals surface area contributed by atoms with E-state index in [0.29, 0.717) is 25.2 Å². The summed E-state index contributed by atoms with van der Waals surface area (Å²) in [7, 11) is 0. The second kappa shape index (κ2) is 11.9. The Bertz CT molecular complexity index is 348. The monoisotopic (exact) mass is 378 g/mol. The molecule has 8 heteroatoms. The molecule has 1 unspecified atom stereocenters. The van der Waals surface area contributed by atoms with E-state index in [1.807, 2.05) is 13.8 Å². The molecule has 2 nitrogen and oxygen atoms in total. The first-order valence-corrected chi connectivity index (χ1v) is 9.43. The van der Waals surface area contributed by atoms with Crippen LogP contribution in [-0.4, -0.2) is 35.7 Å². The van der Waals surface area contributed by atoms with Crippen LogP contribution >= 0.6 is 11.8 Å². The van der Waals surface area contributed by atoms with E-state index in [1.54, 1.807) is 0 Å².